The van der Waals surface area contributed by atoms with E-state index in [0.29, 0.717) is 5.75 Å². The minimum absolute atomic E-state index is 0.0682. The van der Waals surface area contributed by atoms with Crippen molar-refractivity contribution >= 4 is 9.84 Å². The van der Waals surface area contributed by atoms with Crippen molar-refractivity contribution < 1.29 is 13.5 Å². The van der Waals surface area contributed by atoms with Crippen LogP contribution in [0.15, 0.2) is 0 Å². The maximum Gasteiger partial charge on any atom is 0.151 e. The Bertz CT molecular complexity index is 368. The lowest BCUT2D eigenvalue weighted by atomic mass is 9.85. The number of hydrogen-bond acceptors (Lipinski definition) is 4. The topological polar surface area (TPSA) is 66.4 Å². The Morgan fingerprint density at radius 1 is 1.35 bits per heavy atom. The molecule has 4 nitrogen and oxygen atoms in total. The zero-order valence-corrected chi connectivity index (χ0v) is 11.3. The van der Waals surface area contributed by atoms with Crippen LogP contribution in [0, 0.1) is 5.41 Å². The zero-order chi connectivity index (χ0) is 12.5. The molecule has 0 spiro atoms. The van der Waals surface area contributed by atoms with Gasteiger partial charge in [0.1, 0.15) is 0 Å². The average molecular weight is 261 g/mol. The monoisotopic (exact) mass is 261 g/mol. The predicted octanol–water partition coefficient (Wildman–Crippen LogP) is 0.704. The van der Waals surface area contributed by atoms with Crippen molar-refractivity contribution in [3.8, 4) is 0 Å². The highest BCUT2D eigenvalue weighted by Crippen LogP contribution is 2.38. The van der Waals surface area contributed by atoms with Crippen molar-refractivity contribution in [3.63, 3.8) is 0 Å². The van der Waals surface area contributed by atoms with Gasteiger partial charge in [0.25, 0.3) is 0 Å². The van der Waals surface area contributed by atoms with Gasteiger partial charge in [0.15, 0.2) is 9.84 Å². The summed E-state index contributed by atoms with van der Waals surface area (Å²) < 4.78 is 23.2. The van der Waals surface area contributed by atoms with Crippen molar-refractivity contribution in [2.45, 2.75) is 51.1 Å². The third-order valence-electron chi connectivity index (χ3n) is 4.34. The Labute approximate surface area is 104 Å². The van der Waals surface area contributed by atoms with Gasteiger partial charge in [-0.1, -0.05) is 13.3 Å². The molecule has 1 saturated heterocycles. The molecule has 0 aromatic carbocycles. The van der Waals surface area contributed by atoms with E-state index in [0.717, 1.165) is 32.1 Å². The van der Waals surface area contributed by atoms with Crippen LogP contribution < -0.4 is 5.32 Å². The Morgan fingerprint density at radius 3 is 2.76 bits per heavy atom. The molecular formula is C12H23NO3S. The van der Waals surface area contributed by atoms with Gasteiger partial charge in [-0.25, -0.2) is 8.42 Å². The summed E-state index contributed by atoms with van der Waals surface area (Å²) >= 11 is 0. The summed E-state index contributed by atoms with van der Waals surface area (Å²) in [5.41, 5.74) is -0.0682. The number of hydrogen-bond donors (Lipinski definition) is 2. The van der Waals surface area contributed by atoms with Gasteiger partial charge in [0.2, 0.25) is 0 Å². The molecule has 1 heterocycles. The third-order valence-corrected chi connectivity index (χ3v) is 6.16. The van der Waals surface area contributed by atoms with Gasteiger partial charge in [-0.3, -0.25) is 0 Å². The fraction of sp³-hybridized carbons (Fsp3) is 1.00. The molecule has 1 saturated carbocycles. The number of aliphatic hydroxyl groups excluding tert-OH is 1. The van der Waals surface area contributed by atoms with Crippen molar-refractivity contribution in [2.24, 2.45) is 5.41 Å². The fourth-order valence-corrected chi connectivity index (χ4v) is 4.79. The van der Waals surface area contributed by atoms with Crippen LogP contribution in [0.3, 0.4) is 0 Å². The summed E-state index contributed by atoms with van der Waals surface area (Å²) in [7, 11) is -2.84. The standard InChI is InChI=1S/C12H23NO3S/c1-12(9-14)6-2-5-11(12)13-10-4-3-7-17(15,16)8-10/h10-11,13-14H,2-9H2,1H3. The number of rotatable bonds is 3. The van der Waals surface area contributed by atoms with Crippen LogP contribution in [0.2, 0.25) is 0 Å². The quantitative estimate of drug-likeness (QED) is 0.785. The second-order valence-electron chi connectivity index (χ2n) is 5.88. The Morgan fingerprint density at radius 2 is 2.12 bits per heavy atom. The number of sulfone groups is 1. The van der Waals surface area contributed by atoms with Crippen LogP contribution in [0.4, 0.5) is 0 Å². The second-order valence-corrected chi connectivity index (χ2v) is 8.11. The summed E-state index contributed by atoms with van der Waals surface area (Å²) in [4.78, 5) is 0. The van der Waals surface area contributed by atoms with E-state index in [1.807, 2.05) is 0 Å². The van der Waals surface area contributed by atoms with Crippen molar-refractivity contribution in [3.05, 3.63) is 0 Å². The minimum atomic E-state index is -2.84. The first-order valence-corrected chi connectivity index (χ1v) is 8.35. The first-order chi connectivity index (χ1) is 7.95. The van der Waals surface area contributed by atoms with Crippen LogP contribution in [0.5, 0.6) is 0 Å². The van der Waals surface area contributed by atoms with Crippen molar-refractivity contribution in [2.75, 3.05) is 18.1 Å². The Hall–Kier alpha value is -0.130. The molecular weight excluding hydrogens is 238 g/mol. The van der Waals surface area contributed by atoms with Crippen LogP contribution in [0.1, 0.15) is 39.0 Å². The number of nitrogens with one attached hydrogen (secondary N) is 1. The van der Waals surface area contributed by atoms with Gasteiger partial charge >= 0.3 is 0 Å². The largest absolute Gasteiger partial charge is 0.396 e. The normalized spacial score (nSPS) is 41.5. The van der Waals surface area contributed by atoms with Gasteiger partial charge in [0, 0.05) is 24.1 Å². The molecule has 1 aliphatic heterocycles. The summed E-state index contributed by atoms with van der Waals surface area (Å²) in [6, 6.07) is 0.355. The Balaban J connectivity index is 1.97. The van der Waals surface area contributed by atoms with Crippen LogP contribution >= 0.6 is 0 Å². The highest BCUT2D eigenvalue weighted by molar-refractivity contribution is 7.91. The molecule has 5 heteroatoms. The molecule has 0 aromatic rings. The fourth-order valence-electron chi connectivity index (χ4n) is 3.15. The second kappa shape index (κ2) is 4.86. The first kappa shape index (κ1) is 13.3. The van der Waals surface area contributed by atoms with Crippen LogP contribution in [-0.4, -0.2) is 43.7 Å². The Kier molecular flexibility index (Phi) is 3.80. The summed E-state index contributed by atoms with van der Waals surface area (Å²) in [5.74, 6) is 0.609. The molecule has 2 rings (SSSR count). The van der Waals surface area contributed by atoms with Crippen LogP contribution in [0.25, 0.3) is 0 Å². The van der Waals surface area contributed by atoms with Gasteiger partial charge in [-0.15, -0.1) is 0 Å². The third kappa shape index (κ3) is 3.01. The molecule has 2 aliphatic rings. The molecule has 0 radical (unpaired) electrons. The molecule has 1 aliphatic carbocycles. The first-order valence-electron chi connectivity index (χ1n) is 6.52. The molecule has 0 bridgehead atoms. The average Bonchev–Trinajstić information content (AvgIpc) is 2.60. The molecule has 2 fully saturated rings. The van der Waals surface area contributed by atoms with E-state index in [-0.39, 0.29) is 29.9 Å². The molecule has 0 amide bonds. The molecule has 17 heavy (non-hydrogen) atoms. The van der Waals surface area contributed by atoms with Crippen molar-refractivity contribution in [1.29, 1.82) is 0 Å². The molecule has 2 N–H and O–H groups in total. The van der Waals surface area contributed by atoms with E-state index in [9.17, 15) is 13.5 Å². The minimum Gasteiger partial charge on any atom is -0.396 e. The zero-order valence-electron chi connectivity index (χ0n) is 10.5. The highest BCUT2D eigenvalue weighted by atomic mass is 32.2. The van der Waals surface area contributed by atoms with E-state index in [1.54, 1.807) is 0 Å². The molecule has 100 valence electrons. The van der Waals surface area contributed by atoms with E-state index >= 15 is 0 Å². The summed E-state index contributed by atoms with van der Waals surface area (Å²) in [6.07, 6.45) is 4.90. The van der Waals surface area contributed by atoms with E-state index in [2.05, 4.69) is 12.2 Å². The smallest absolute Gasteiger partial charge is 0.151 e. The lowest BCUT2D eigenvalue weighted by molar-refractivity contribution is 0.113. The SMILES string of the molecule is CC1(CO)CCCC1NC1CCCS(=O)(=O)C1. The van der Waals surface area contributed by atoms with Crippen LogP contribution in [-0.2, 0) is 9.84 Å². The summed E-state index contributed by atoms with van der Waals surface area (Å²) in [5, 5.41) is 12.9. The number of aliphatic hydroxyl groups is 1. The predicted molar refractivity (Wildman–Crippen MR) is 67.6 cm³/mol. The molecule has 0 aromatic heterocycles. The van der Waals surface area contributed by atoms with Gasteiger partial charge in [-0.2, -0.15) is 0 Å². The maximum atomic E-state index is 11.6. The summed E-state index contributed by atoms with van der Waals surface area (Å²) in [6.45, 7) is 2.28. The van der Waals surface area contributed by atoms with Gasteiger partial charge < -0.3 is 10.4 Å². The molecule has 3 atom stereocenters. The van der Waals surface area contributed by atoms with E-state index < -0.39 is 9.84 Å². The van der Waals surface area contributed by atoms with E-state index in [1.165, 1.54) is 0 Å². The highest BCUT2D eigenvalue weighted by Gasteiger charge is 2.40. The van der Waals surface area contributed by atoms with E-state index in [4.69, 9.17) is 0 Å². The van der Waals surface area contributed by atoms with Gasteiger partial charge in [-0.05, 0) is 25.7 Å². The van der Waals surface area contributed by atoms with Crippen molar-refractivity contribution in [1.82, 2.24) is 5.32 Å². The lowest BCUT2D eigenvalue weighted by Gasteiger charge is -2.34. The maximum absolute atomic E-state index is 11.6. The van der Waals surface area contributed by atoms with Gasteiger partial charge in [0.05, 0.1) is 11.5 Å². The lowest BCUT2D eigenvalue weighted by Crippen LogP contribution is -2.50. The molecule has 3 unspecified atom stereocenters.